The average Bonchev–Trinajstić information content (AvgIpc) is 2.70. The minimum absolute atomic E-state index is 0. The Balaban J connectivity index is 0.00000420. The van der Waals surface area contributed by atoms with E-state index in [4.69, 9.17) is 15.2 Å². The lowest BCUT2D eigenvalue weighted by atomic mass is 10.2. The van der Waals surface area contributed by atoms with Crippen LogP contribution in [0.25, 0.3) is 0 Å². The predicted octanol–water partition coefficient (Wildman–Crippen LogP) is 4.75. The van der Waals surface area contributed by atoms with Gasteiger partial charge < -0.3 is 25.4 Å². The summed E-state index contributed by atoms with van der Waals surface area (Å²) in [6, 6.07) is 16.0. The van der Waals surface area contributed by atoms with Gasteiger partial charge in [0, 0.05) is 31.9 Å². The summed E-state index contributed by atoms with van der Waals surface area (Å²) in [7, 11) is 2.11. The second-order valence-electron chi connectivity index (χ2n) is 6.38. The van der Waals surface area contributed by atoms with E-state index in [0.717, 1.165) is 36.6 Å². The van der Waals surface area contributed by atoms with Gasteiger partial charge in [-0.2, -0.15) is 0 Å². The van der Waals surface area contributed by atoms with Crippen molar-refractivity contribution in [2.75, 3.05) is 43.6 Å². The van der Waals surface area contributed by atoms with Gasteiger partial charge in [0.15, 0.2) is 5.96 Å². The number of nitrogens with one attached hydrogen (secondary N) is 1. The number of hydrogen-bond acceptors (Lipinski definition) is 4. The number of unbranched alkanes of at least 4 members (excludes halogenated alkanes) is 1. The van der Waals surface area contributed by atoms with Crippen LogP contribution in [0.4, 0.5) is 11.4 Å². The van der Waals surface area contributed by atoms with E-state index in [1.165, 1.54) is 5.69 Å². The molecule has 3 N–H and O–H groups in total. The topological polar surface area (TPSA) is 72.1 Å². The van der Waals surface area contributed by atoms with Crippen molar-refractivity contribution in [2.45, 2.75) is 26.7 Å². The first-order valence-corrected chi connectivity index (χ1v) is 9.86. The number of hydrogen-bond donors (Lipinski definition) is 2. The zero-order valence-corrected chi connectivity index (χ0v) is 19.9. The molecule has 0 bridgehead atoms. The maximum absolute atomic E-state index is 6.06. The molecular weight excluding hydrogens is 479 g/mol. The molecule has 0 heterocycles. The predicted molar refractivity (Wildman–Crippen MR) is 133 cm³/mol. The van der Waals surface area contributed by atoms with Gasteiger partial charge in [-0.15, -0.1) is 24.0 Å². The van der Waals surface area contributed by atoms with E-state index in [1.807, 2.05) is 38.1 Å². The van der Waals surface area contributed by atoms with E-state index >= 15 is 0 Å². The highest BCUT2D eigenvalue weighted by Gasteiger charge is 2.07. The molecule has 6 nitrogen and oxygen atoms in total. The molecule has 0 unspecified atom stereocenters. The first-order valence-electron chi connectivity index (χ1n) is 9.86. The zero-order valence-electron chi connectivity index (χ0n) is 17.6. The quantitative estimate of drug-likeness (QED) is 0.197. The fourth-order valence-electron chi connectivity index (χ4n) is 2.79. The van der Waals surface area contributed by atoms with E-state index < -0.39 is 0 Å². The normalized spacial score (nSPS) is 10.8. The third kappa shape index (κ3) is 8.81. The molecular formula is C22H33IN4O2. The van der Waals surface area contributed by atoms with E-state index in [9.17, 15) is 0 Å². The Hall–Kier alpha value is -2.16. The van der Waals surface area contributed by atoms with Crippen molar-refractivity contribution in [1.82, 2.24) is 0 Å². The minimum Gasteiger partial charge on any atom is -0.494 e. The number of halogens is 1. The van der Waals surface area contributed by atoms with Gasteiger partial charge in [0.05, 0.1) is 18.9 Å². The Labute approximate surface area is 191 Å². The molecule has 2 aromatic carbocycles. The summed E-state index contributed by atoms with van der Waals surface area (Å²) in [4.78, 5) is 6.68. The number of anilines is 2. The summed E-state index contributed by atoms with van der Waals surface area (Å²) >= 11 is 0. The van der Waals surface area contributed by atoms with E-state index in [2.05, 4.69) is 46.5 Å². The zero-order chi connectivity index (χ0) is 20.2. The number of rotatable bonds is 11. The summed E-state index contributed by atoms with van der Waals surface area (Å²) in [5, 5.41) is 3.13. The van der Waals surface area contributed by atoms with Gasteiger partial charge in [0.2, 0.25) is 0 Å². The highest BCUT2D eigenvalue weighted by molar-refractivity contribution is 14.0. The molecule has 7 heteroatoms. The molecule has 29 heavy (non-hydrogen) atoms. The number of ether oxygens (including phenoxy) is 2. The van der Waals surface area contributed by atoms with Crippen LogP contribution in [-0.2, 0) is 0 Å². The van der Waals surface area contributed by atoms with Crippen molar-refractivity contribution in [2.24, 2.45) is 10.7 Å². The van der Waals surface area contributed by atoms with Crippen LogP contribution in [0.1, 0.15) is 26.7 Å². The number of nitrogens with zero attached hydrogens (tertiary/aromatic N) is 2. The Morgan fingerprint density at radius 1 is 1.03 bits per heavy atom. The molecule has 0 amide bonds. The Morgan fingerprint density at radius 2 is 1.76 bits per heavy atom. The van der Waals surface area contributed by atoms with E-state index in [-0.39, 0.29) is 24.0 Å². The minimum atomic E-state index is 0. The fraction of sp³-hybridized carbons (Fsp3) is 0.409. The molecule has 0 aliphatic heterocycles. The average molecular weight is 512 g/mol. The largest absolute Gasteiger partial charge is 0.494 e. The molecule has 0 radical (unpaired) electrons. The highest BCUT2D eigenvalue weighted by atomic mass is 127. The standard InChI is InChI=1S/C22H32N4O2.HI/c1-4-27-19-13-14-21(28-5-2)20(17-19)25-22(23)24-15-9-10-16-26(3)18-11-7-6-8-12-18;/h6-8,11-14,17H,4-5,9-10,15-16H2,1-3H3,(H3,23,24,25);1H. The van der Waals surface area contributed by atoms with Gasteiger partial charge in [0.25, 0.3) is 0 Å². The Morgan fingerprint density at radius 3 is 2.45 bits per heavy atom. The van der Waals surface area contributed by atoms with Crippen molar-refractivity contribution in [3.05, 3.63) is 48.5 Å². The molecule has 0 atom stereocenters. The Bertz CT molecular complexity index is 741. The monoisotopic (exact) mass is 512 g/mol. The van der Waals surface area contributed by atoms with Crippen LogP contribution < -0.4 is 25.4 Å². The van der Waals surface area contributed by atoms with Crippen LogP contribution in [-0.4, -0.2) is 39.3 Å². The second-order valence-corrected chi connectivity index (χ2v) is 6.38. The highest BCUT2D eigenvalue weighted by Crippen LogP contribution is 2.29. The lowest BCUT2D eigenvalue weighted by Gasteiger charge is -2.18. The van der Waals surface area contributed by atoms with Crippen molar-refractivity contribution in [3.8, 4) is 11.5 Å². The third-order valence-electron chi connectivity index (χ3n) is 4.21. The molecule has 2 aromatic rings. The van der Waals surface area contributed by atoms with Crippen LogP contribution >= 0.6 is 24.0 Å². The molecule has 0 saturated heterocycles. The second kappa shape index (κ2) is 13.9. The molecule has 0 fully saturated rings. The van der Waals surface area contributed by atoms with Crippen molar-refractivity contribution < 1.29 is 9.47 Å². The molecule has 0 aromatic heterocycles. The third-order valence-corrected chi connectivity index (χ3v) is 4.21. The van der Waals surface area contributed by atoms with Crippen LogP contribution in [0.2, 0.25) is 0 Å². The first kappa shape index (κ1) is 24.9. The number of para-hydroxylation sites is 1. The Kier molecular flexibility index (Phi) is 11.9. The van der Waals surface area contributed by atoms with Crippen molar-refractivity contribution in [3.63, 3.8) is 0 Å². The van der Waals surface area contributed by atoms with Gasteiger partial charge in [0.1, 0.15) is 11.5 Å². The summed E-state index contributed by atoms with van der Waals surface area (Å²) in [5.41, 5.74) is 8.05. The van der Waals surface area contributed by atoms with Crippen LogP contribution in [0, 0.1) is 0 Å². The maximum atomic E-state index is 6.06. The van der Waals surface area contributed by atoms with E-state index in [1.54, 1.807) is 0 Å². The molecule has 2 rings (SSSR count). The van der Waals surface area contributed by atoms with Gasteiger partial charge in [-0.25, -0.2) is 0 Å². The summed E-state index contributed by atoms with van der Waals surface area (Å²) in [6.45, 7) is 6.75. The number of aliphatic imine (C=N–C) groups is 1. The summed E-state index contributed by atoms with van der Waals surface area (Å²) in [5.74, 6) is 1.88. The van der Waals surface area contributed by atoms with Gasteiger partial charge in [-0.3, -0.25) is 4.99 Å². The summed E-state index contributed by atoms with van der Waals surface area (Å²) in [6.07, 6.45) is 2.02. The SMILES string of the molecule is CCOc1ccc(OCC)c(NC(N)=NCCCCN(C)c2ccccc2)c1.I. The fourth-order valence-corrected chi connectivity index (χ4v) is 2.79. The molecule has 0 aliphatic rings. The smallest absolute Gasteiger partial charge is 0.193 e. The van der Waals surface area contributed by atoms with Crippen molar-refractivity contribution in [1.29, 1.82) is 0 Å². The number of benzene rings is 2. The van der Waals surface area contributed by atoms with Crippen LogP contribution in [0.5, 0.6) is 11.5 Å². The van der Waals surface area contributed by atoms with Crippen LogP contribution in [0.3, 0.4) is 0 Å². The van der Waals surface area contributed by atoms with Gasteiger partial charge in [-0.05, 0) is 51.0 Å². The lowest BCUT2D eigenvalue weighted by Crippen LogP contribution is -2.23. The number of guanidine groups is 1. The van der Waals surface area contributed by atoms with E-state index in [0.29, 0.717) is 25.7 Å². The molecule has 0 saturated carbocycles. The number of nitrogens with two attached hydrogens (primary N) is 1. The van der Waals surface area contributed by atoms with Gasteiger partial charge in [-0.1, -0.05) is 18.2 Å². The molecule has 0 spiro atoms. The van der Waals surface area contributed by atoms with Crippen LogP contribution in [0.15, 0.2) is 53.5 Å². The maximum Gasteiger partial charge on any atom is 0.193 e. The summed E-state index contributed by atoms with van der Waals surface area (Å²) < 4.78 is 11.2. The molecule has 0 aliphatic carbocycles. The first-order chi connectivity index (χ1) is 13.6. The van der Waals surface area contributed by atoms with Gasteiger partial charge >= 0.3 is 0 Å². The lowest BCUT2D eigenvalue weighted by molar-refractivity contribution is 0.332. The van der Waals surface area contributed by atoms with Crippen molar-refractivity contribution >= 4 is 41.3 Å². The molecule has 160 valence electrons.